The molecule has 0 amide bonds. The van der Waals surface area contributed by atoms with Crippen molar-refractivity contribution in [3.05, 3.63) is 64.7 Å². The second-order valence-corrected chi connectivity index (χ2v) is 6.98. The van der Waals surface area contributed by atoms with Gasteiger partial charge in [0.15, 0.2) is 5.78 Å². The molecule has 0 fully saturated rings. The average Bonchev–Trinajstić information content (AvgIpc) is 3.18. The lowest BCUT2D eigenvalue weighted by Gasteiger charge is -2.26. The van der Waals surface area contributed by atoms with Crippen LogP contribution in [-0.4, -0.2) is 31.8 Å². The summed E-state index contributed by atoms with van der Waals surface area (Å²) in [6.07, 6.45) is 2.59. The van der Waals surface area contributed by atoms with Crippen LogP contribution in [0.2, 0.25) is 0 Å². The Kier molecular flexibility index (Phi) is 4.39. The third-order valence-corrected chi connectivity index (χ3v) is 5.00. The van der Waals surface area contributed by atoms with Crippen LogP contribution in [0.15, 0.2) is 30.5 Å². The lowest BCUT2D eigenvalue weighted by molar-refractivity contribution is 0.101. The van der Waals surface area contributed by atoms with Crippen molar-refractivity contribution < 1.29 is 13.6 Å². The fourth-order valence-corrected chi connectivity index (χ4v) is 3.48. The van der Waals surface area contributed by atoms with E-state index in [-0.39, 0.29) is 11.3 Å². The molecule has 0 aliphatic carbocycles. The Morgan fingerprint density at radius 2 is 2.11 bits per heavy atom. The summed E-state index contributed by atoms with van der Waals surface area (Å²) in [4.78, 5) is 21.5. The first-order chi connectivity index (χ1) is 12.9. The van der Waals surface area contributed by atoms with E-state index in [2.05, 4.69) is 14.9 Å². The van der Waals surface area contributed by atoms with Crippen molar-refractivity contribution in [2.45, 2.75) is 26.4 Å². The van der Waals surface area contributed by atoms with E-state index in [1.54, 1.807) is 6.92 Å². The van der Waals surface area contributed by atoms with Gasteiger partial charge in [-0.3, -0.25) is 9.69 Å². The van der Waals surface area contributed by atoms with Crippen LogP contribution in [0.4, 0.5) is 8.78 Å². The number of rotatable bonds is 4. The predicted molar refractivity (Wildman–Crippen MR) is 97.2 cm³/mol. The molecule has 3 heterocycles. The van der Waals surface area contributed by atoms with E-state index >= 15 is 0 Å². The Morgan fingerprint density at radius 3 is 2.81 bits per heavy atom. The van der Waals surface area contributed by atoms with E-state index < -0.39 is 11.6 Å². The van der Waals surface area contributed by atoms with Gasteiger partial charge in [-0.05, 0) is 25.1 Å². The summed E-state index contributed by atoms with van der Waals surface area (Å²) >= 11 is 0. The number of aryl methyl sites for hydroxylation is 1. The van der Waals surface area contributed by atoms with Crippen LogP contribution in [-0.2, 0) is 26.6 Å². The highest BCUT2D eigenvalue weighted by Gasteiger charge is 2.22. The molecule has 0 atom stereocenters. The van der Waals surface area contributed by atoms with Crippen LogP contribution in [0, 0.1) is 11.6 Å². The average molecular weight is 370 g/mol. The number of fused-ring (bicyclic) bond motifs is 1. The van der Waals surface area contributed by atoms with Crippen molar-refractivity contribution in [1.29, 1.82) is 0 Å². The third kappa shape index (κ3) is 3.42. The number of hydrogen-bond donors (Lipinski definition) is 1. The number of imidazole rings is 1. The van der Waals surface area contributed by atoms with Gasteiger partial charge in [0.1, 0.15) is 17.5 Å². The van der Waals surface area contributed by atoms with Crippen LogP contribution in [0.25, 0.3) is 11.4 Å². The van der Waals surface area contributed by atoms with Gasteiger partial charge in [0.2, 0.25) is 0 Å². The highest BCUT2D eigenvalue weighted by Crippen LogP contribution is 2.26. The molecule has 0 saturated heterocycles. The molecule has 140 valence electrons. The van der Waals surface area contributed by atoms with Crippen molar-refractivity contribution in [3.63, 3.8) is 0 Å². The van der Waals surface area contributed by atoms with E-state index in [4.69, 9.17) is 0 Å². The van der Waals surface area contributed by atoms with E-state index in [9.17, 15) is 13.6 Å². The number of carbonyl (C=O) groups is 1. The number of halogens is 2. The Labute approximate surface area is 155 Å². The molecule has 1 aromatic carbocycles. The van der Waals surface area contributed by atoms with Gasteiger partial charge in [0.05, 0.1) is 17.0 Å². The Balaban J connectivity index is 1.54. The van der Waals surface area contributed by atoms with Gasteiger partial charge < -0.3 is 9.55 Å². The van der Waals surface area contributed by atoms with Crippen molar-refractivity contribution in [2.75, 3.05) is 6.54 Å². The minimum Gasteiger partial charge on any atom is -0.353 e. The van der Waals surface area contributed by atoms with E-state index in [1.807, 2.05) is 23.9 Å². The van der Waals surface area contributed by atoms with Gasteiger partial charge in [-0.15, -0.1) is 0 Å². The van der Waals surface area contributed by atoms with Crippen molar-refractivity contribution in [1.82, 2.24) is 19.4 Å². The Hall–Kier alpha value is -2.80. The zero-order valence-electron chi connectivity index (χ0n) is 15.2. The SMILES string of the molecule is CC(=O)c1cc(CN2CCc3nc(-c4ccc(F)cc4F)[nH]c3C2)n(C)c1. The van der Waals surface area contributed by atoms with Gasteiger partial charge >= 0.3 is 0 Å². The molecule has 4 rings (SSSR count). The second kappa shape index (κ2) is 6.74. The molecule has 7 heteroatoms. The Bertz CT molecular complexity index is 1020. The summed E-state index contributed by atoms with van der Waals surface area (Å²) in [7, 11) is 1.93. The standard InChI is InChI=1S/C20H20F2N4O/c1-12(27)13-7-15(25(2)9-13)10-26-6-5-18-19(11-26)24-20(23-18)16-4-3-14(21)8-17(16)22/h3-4,7-9H,5-6,10-11H2,1-2H3,(H,23,24). The molecule has 5 nitrogen and oxygen atoms in total. The highest BCUT2D eigenvalue weighted by atomic mass is 19.1. The van der Waals surface area contributed by atoms with Crippen LogP contribution >= 0.6 is 0 Å². The molecule has 0 spiro atoms. The summed E-state index contributed by atoms with van der Waals surface area (Å²) in [6, 6.07) is 5.42. The normalized spacial score (nSPS) is 14.4. The van der Waals surface area contributed by atoms with Crippen molar-refractivity contribution >= 4 is 5.78 Å². The number of aromatic amines is 1. The Morgan fingerprint density at radius 1 is 1.30 bits per heavy atom. The number of aromatic nitrogens is 3. The number of Topliss-reactive ketones (excluding diaryl/α,β-unsaturated/α-hetero) is 1. The summed E-state index contributed by atoms with van der Waals surface area (Å²) in [5.41, 5.74) is 3.90. The zero-order valence-corrected chi connectivity index (χ0v) is 15.2. The summed E-state index contributed by atoms with van der Waals surface area (Å²) < 4.78 is 29.1. The number of hydrogen-bond acceptors (Lipinski definition) is 3. The number of nitrogens with one attached hydrogen (secondary N) is 1. The number of H-pyrrole nitrogens is 1. The molecule has 1 aliphatic heterocycles. The lowest BCUT2D eigenvalue weighted by Crippen LogP contribution is -2.30. The van der Waals surface area contributed by atoms with Crippen LogP contribution in [0.3, 0.4) is 0 Å². The maximum Gasteiger partial charge on any atom is 0.161 e. The molecule has 0 unspecified atom stereocenters. The minimum atomic E-state index is -0.626. The number of nitrogens with zero attached hydrogens (tertiary/aromatic N) is 3. The van der Waals surface area contributed by atoms with E-state index in [0.29, 0.717) is 24.5 Å². The molecule has 0 saturated carbocycles. The smallest absolute Gasteiger partial charge is 0.161 e. The largest absolute Gasteiger partial charge is 0.353 e. The first-order valence-electron chi connectivity index (χ1n) is 8.82. The van der Waals surface area contributed by atoms with Crippen LogP contribution in [0.5, 0.6) is 0 Å². The zero-order chi connectivity index (χ0) is 19.1. The summed E-state index contributed by atoms with van der Waals surface area (Å²) in [5, 5.41) is 0. The molecule has 0 bridgehead atoms. The molecule has 27 heavy (non-hydrogen) atoms. The quantitative estimate of drug-likeness (QED) is 0.716. The predicted octanol–water partition coefficient (Wildman–Crippen LogP) is 3.45. The van der Waals surface area contributed by atoms with Crippen LogP contribution < -0.4 is 0 Å². The molecule has 3 aromatic rings. The fourth-order valence-electron chi connectivity index (χ4n) is 3.48. The third-order valence-electron chi connectivity index (χ3n) is 5.00. The molecular formula is C20H20F2N4O. The topological polar surface area (TPSA) is 53.9 Å². The van der Waals surface area contributed by atoms with Gasteiger partial charge in [0, 0.05) is 56.6 Å². The van der Waals surface area contributed by atoms with Gasteiger partial charge in [-0.25, -0.2) is 13.8 Å². The maximum atomic E-state index is 14.0. The molecular weight excluding hydrogens is 350 g/mol. The first-order valence-corrected chi connectivity index (χ1v) is 8.82. The van der Waals surface area contributed by atoms with Gasteiger partial charge in [-0.2, -0.15) is 0 Å². The number of ketones is 1. The number of benzene rings is 1. The van der Waals surface area contributed by atoms with E-state index in [0.717, 1.165) is 36.1 Å². The van der Waals surface area contributed by atoms with Crippen LogP contribution in [0.1, 0.15) is 34.4 Å². The summed E-state index contributed by atoms with van der Waals surface area (Å²) in [6.45, 7) is 3.75. The fraction of sp³-hybridized carbons (Fsp3) is 0.300. The molecule has 0 radical (unpaired) electrons. The van der Waals surface area contributed by atoms with Gasteiger partial charge in [0.25, 0.3) is 0 Å². The molecule has 1 N–H and O–H groups in total. The van der Waals surface area contributed by atoms with Gasteiger partial charge in [-0.1, -0.05) is 0 Å². The highest BCUT2D eigenvalue weighted by molar-refractivity contribution is 5.94. The second-order valence-electron chi connectivity index (χ2n) is 6.98. The summed E-state index contributed by atoms with van der Waals surface area (Å²) in [5.74, 6) is -0.751. The minimum absolute atomic E-state index is 0.0531. The van der Waals surface area contributed by atoms with Crippen molar-refractivity contribution in [2.24, 2.45) is 7.05 Å². The first kappa shape index (κ1) is 17.6. The monoisotopic (exact) mass is 370 g/mol. The maximum absolute atomic E-state index is 14.0. The number of carbonyl (C=O) groups excluding carboxylic acids is 1. The van der Waals surface area contributed by atoms with Crippen molar-refractivity contribution in [3.8, 4) is 11.4 Å². The van der Waals surface area contributed by atoms with E-state index in [1.165, 1.54) is 12.1 Å². The molecule has 2 aromatic heterocycles. The lowest BCUT2D eigenvalue weighted by atomic mass is 10.1. The molecule has 1 aliphatic rings.